The Morgan fingerprint density at radius 2 is 1.47 bits per heavy atom. The van der Waals surface area contributed by atoms with Crippen molar-refractivity contribution in [3.05, 3.63) is 89.8 Å². The van der Waals surface area contributed by atoms with Crippen molar-refractivity contribution in [2.45, 2.75) is 45.4 Å². The van der Waals surface area contributed by atoms with Gasteiger partial charge in [0.1, 0.15) is 29.7 Å². The molecule has 1 saturated heterocycles. The van der Waals surface area contributed by atoms with Crippen molar-refractivity contribution in [2.24, 2.45) is 0 Å². The third-order valence-corrected chi connectivity index (χ3v) is 7.22. The van der Waals surface area contributed by atoms with Crippen LogP contribution in [0.3, 0.4) is 0 Å². The second-order valence-corrected chi connectivity index (χ2v) is 10.3. The number of hydrogen-bond donors (Lipinski definition) is 0. The van der Waals surface area contributed by atoms with Gasteiger partial charge in [-0.25, -0.2) is 4.98 Å². The van der Waals surface area contributed by atoms with E-state index in [1.807, 2.05) is 36.4 Å². The van der Waals surface area contributed by atoms with Crippen LogP contribution >= 0.6 is 11.6 Å². The smallest absolute Gasteiger partial charge is 0.127 e. The molecular formula is C32H36ClN3O2. The molecule has 4 aromatic rings. The molecule has 2 heterocycles. The fraction of sp³-hybridized carbons (Fsp3) is 0.344. The van der Waals surface area contributed by atoms with Crippen molar-refractivity contribution in [1.82, 2.24) is 14.5 Å². The number of rotatable bonds is 11. The molecule has 0 bridgehead atoms. The van der Waals surface area contributed by atoms with Crippen LogP contribution < -0.4 is 9.47 Å². The summed E-state index contributed by atoms with van der Waals surface area (Å²) in [5.41, 5.74) is 3.13. The van der Waals surface area contributed by atoms with Crippen LogP contribution in [-0.2, 0) is 6.42 Å². The van der Waals surface area contributed by atoms with Crippen molar-refractivity contribution in [2.75, 3.05) is 26.2 Å². The summed E-state index contributed by atoms with van der Waals surface area (Å²) in [5.74, 6) is 3.51. The van der Waals surface area contributed by atoms with Gasteiger partial charge in [-0.15, -0.1) is 0 Å². The lowest BCUT2D eigenvalue weighted by Crippen LogP contribution is -2.33. The maximum atomic E-state index is 6.02. The number of ether oxygens (including phenoxy) is 2. The molecule has 3 aromatic carbocycles. The van der Waals surface area contributed by atoms with Gasteiger partial charge in [0.15, 0.2) is 0 Å². The van der Waals surface area contributed by atoms with Crippen LogP contribution in [0.2, 0.25) is 5.02 Å². The summed E-state index contributed by atoms with van der Waals surface area (Å²) in [7, 11) is 0. The summed E-state index contributed by atoms with van der Waals surface area (Å²) < 4.78 is 14.2. The van der Waals surface area contributed by atoms with Crippen LogP contribution in [0.1, 0.15) is 44.9 Å². The highest BCUT2D eigenvalue weighted by Crippen LogP contribution is 2.27. The predicted molar refractivity (Wildman–Crippen MR) is 155 cm³/mol. The molecule has 198 valence electrons. The molecular weight excluding hydrogens is 494 g/mol. The SMILES string of the molecule is CCCCc1nc(-c2ccc(OCCN3CCCCC3)cc2)cn1-c1ccc(Oc2ccc(Cl)cc2)cc1. The van der Waals surface area contributed by atoms with E-state index in [1.165, 1.54) is 32.4 Å². The number of aryl methyl sites for hydroxylation is 1. The second-order valence-electron chi connectivity index (χ2n) is 9.84. The zero-order chi connectivity index (χ0) is 26.2. The molecule has 6 heteroatoms. The van der Waals surface area contributed by atoms with Gasteiger partial charge in [0, 0.05) is 35.4 Å². The minimum atomic E-state index is 0.693. The monoisotopic (exact) mass is 529 g/mol. The van der Waals surface area contributed by atoms with Crippen LogP contribution in [0.5, 0.6) is 17.2 Å². The Morgan fingerprint density at radius 1 is 0.816 bits per heavy atom. The molecule has 0 spiro atoms. The third-order valence-electron chi connectivity index (χ3n) is 6.97. The highest BCUT2D eigenvalue weighted by molar-refractivity contribution is 6.30. The summed E-state index contributed by atoms with van der Waals surface area (Å²) in [6, 6.07) is 23.8. The summed E-state index contributed by atoms with van der Waals surface area (Å²) >= 11 is 5.98. The van der Waals surface area contributed by atoms with E-state index >= 15 is 0 Å². The number of imidazole rings is 1. The number of unbranched alkanes of at least 4 members (excludes halogenated alkanes) is 1. The lowest BCUT2D eigenvalue weighted by Gasteiger charge is -2.26. The van der Waals surface area contributed by atoms with Crippen LogP contribution in [0.4, 0.5) is 0 Å². The van der Waals surface area contributed by atoms with E-state index in [0.717, 1.165) is 72.4 Å². The van der Waals surface area contributed by atoms with E-state index in [1.54, 1.807) is 0 Å². The summed E-state index contributed by atoms with van der Waals surface area (Å²) in [6.07, 6.45) is 9.26. The highest BCUT2D eigenvalue weighted by Gasteiger charge is 2.13. The Morgan fingerprint density at radius 3 is 2.16 bits per heavy atom. The molecule has 38 heavy (non-hydrogen) atoms. The zero-order valence-corrected chi connectivity index (χ0v) is 22.9. The van der Waals surface area contributed by atoms with E-state index < -0.39 is 0 Å². The summed E-state index contributed by atoms with van der Waals surface area (Å²) in [6.45, 7) is 6.33. The minimum Gasteiger partial charge on any atom is -0.492 e. The molecule has 0 atom stereocenters. The van der Waals surface area contributed by atoms with Gasteiger partial charge in [-0.2, -0.15) is 0 Å². The topological polar surface area (TPSA) is 39.5 Å². The number of benzene rings is 3. The van der Waals surface area contributed by atoms with Gasteiger partial charge >= 0.3 is 0 Å². The van der Waals surface area contributed by atoms with Gasteiger partial charge in [0.2, 0.25) is 0 Å². The fourth-order valence-corrected chi connectivity index (χ4v) is 4.93. The van der Waals surface area contributed by atoms with Crippen LogP contribution in [0.25, 0.3) is 16.9 Å². The van der Waals surface area contributed by atoms with E-state index in [0.29, 0.717) is 5.02 Å². The Labute approximate surface area is 231 Å². The van der Waals surface area contributed by atoms with Crippen molar-refractivity contribution in [1.29, 1.82) is 0 Å². The molecule has 5 rings (SSSR count). The Hall–Kier alpha value is -3.28. The van der Waals surface area contributed by atoms with Crippen molar-refractivity contribution in [3.63, 3.8) is 0 Å². The first kappa shape index (κ1) is 26.3. The van der Waals surface area contributed by atoms with Gasteiger partial charge in [0.25, 0.3) is 0 Å². The molecule has 0 aliphatic carbocycles. The van der Waals surface area contributed by atoms with Crippen molar-refractivity contribution < 1.29 is 9.47 Å². The Kier molecular flexibility index (Phi) is 9.00. The normalized spacial score (nSPS) is 13.9. The lowest BCUT2D eigenvalue weighted by atomic mass is 10.1. The molecule has 0 saturated carbocycles. The largest absolute Gasteiger partial charge is 0.492 e. The number of halogens is 1. The standard InChI is InChI=1S/C32H36ClN3O2/c1-2-3-7-32-34-31(25-8-14-28(15-9-25)37-23-22-35-20-5-4-6-21-35)24-36(32)27-12-18-30(19-13-27)38-29-16-10-26(33)11-17-29/h8-19,24H,2-7,20-23H2,1H3. The fourth-order valence-electron chi connectivity index (χ4n) is 4.80. The number of nitrogens with zero attached hydrogens (tertiary/aromatic N) is 3. The van der Waals surface area contributed by atoms with Crippen molar-refractivity contribution in [3.8, 4) is 34.2 Å². The zero-order valence-electron chi connectivity index (χ0n) is 22.1. The van der Waals surface area contributed by atoms with E-state index in [-0.39, 0.29) is 0 Å². The molecule has 1 aromatic heterocycles. The Bertz CT molecular complexity index is 1280. The van der Waals surface area contributed by atoms with Gasteiger partial charge < -0.3 is 14.0 Å². The second kappa shape index (κ2) is 13.0. The maximum Gasteiger partial charge on any atom is 0.127 e. The quantitative estimate of drug-likeness (QED) is 0.196. The first-order valence-corrected chi connectivity index (χ1v) is 14.1. The molecule has 1 fully saturated rings. The highest BCUT2D eigenvalue weighted by atomic mass is 35.5. The van der Waals surface area contributed by atoms with E-state index in [9.17, 15) is 0 Å². The van der Waals surface area contributed by atoms with Gasteiger partial charge in [0.05, 0.1) is 5.69 Å². The van der Waals surface area contributed by atoms with Crippen molar-refractivity contribution >= 4 is 11.6 Å². The molecule has 0 unspecified atom stereocenters. The number of aromatic nitrogens is 2. The van der Waals surface area contributed by atoms with Gasteiger partial charge in [-0.3, -0.25) is 4.90 Å². The first-order valence-electron chi connectivity index (χ1n) is 13.8. The molecule has 0 radical (unpaired) electrons. The van der Waals surface area contributed by atoms with Crippen LogP contribution in [-0.4, -0.2) is 40.7 Å². The van der Waals surface area contributed by atoms with Crippen LogP contribution in [0.15, 0.2) is 79.0 Å². The molecule has 0 N–H and O–H groups in total. The van der Waals surface area contributed by atoms with Gasteiger partial charge in [-0.1, -0.05) is 31.4 Å². The molecule has 0 amide bonds. The minimum absolute atomic E-state index is 0.693. The number of likely N-dealkylation sites (tertiary alicyclic amines) is 1. The average Bonchev–Trinajstić information content (AvgIpc) is 3.39. The molecule has 1 aliphatic rings. The maximum absolute atomic E-state index is 6.02. The molecule has 5 nitrogen and oxygen atoms in total. The first-order chi connectivity index (χ1) is 18.7. The van der Waals surface area contributed by atoms with E-state index in [2.05, 4.69) is 59.0 Å². The number of hydrogen-bond acceptors (Lipinski definition) is 4. The average molecular weight is 530 g/mol. The van der Waals surface area contributed by atoms with E-state index in [4.69, 9.17) is 26.1 Å². The summed E-state index contributed by atoms with van der Waals surface area (Å²) in [5, 5.41) is 0.693. The lowest BCUT2D eigenvalue weighted by molar-refractivity contribution is 0.183. The van der Waals surface area contributed by atoms with Gasteiger partial charge in [-0.05, 0) is 105 Å². The third kappa shape index (κ3) is 6.97. The van der Waals surface area contributed by atoms with Crippen LogP contribution in [0, 0.1) is 0 Å². The summed E-state index contributed by atoms with van der Waals surface area (Å²) in [4.78, 5) is 7.52. The predicted octanol–water partition coefficient (Wildman–Crippen LogP) is 8.19. The number of piperidine rings is 1. The Balaban J connectivity index is 1.27. The molecule has 1 aliphatic heterocycles.